The third-order valence-corrected chi connectivity index (χ3v) is 3.28. The fourth-order valence-corrected chi connectivity index (χ4v) is 2.07. The van der Waals surface area contributed by atoms with Gasteiger partial charge in [-0.25, -0.2) is 14.0 Å². The Kier molecular flexibility index (Phi) is 6.26. The van der Waals surface area contributed by atoms with E-state index in [0.717, 1.165) is 11.6 Å². The average Bonchev–Trinajstić information content (AvgIpc) is 2.61. The second kappa shape index (κ2) is 8.61. The second-order valence-electron chi connectivity index (χ2n) is 5.26. The van der Waals surface area contributed by atoms with Crippen molar-refractivity contribution in [1.29, 1.82) is 0 Å². The number of halogens is 1. The minimum Gasteiger partial charge on any atom is -0.496 e. The summed E-state index contributed by atoms with van der Waals surface area (Å²) in [4.78, 5) is 35.4. The Morgan fingerprint density at radius 1 is 1.12 bits per heavy atom. The van der Waals surface area contributed by atoms with E-state index in [2.05, 4.69) is 5.32 Å². The smallest absolute Gasteiger partial charge is 0.342 e. The highest BCUT2D eigenvalue weighted by atomic mass is 19.1. The molecular weight excluding hydrogens is 343 g/mol. The minimum atomic E-state index is -0.940. The number of benzene rings is 2. The number of amides is 3. The van der Waals surface area contributed by atoms with Gasteiger partial charge in [0.1, 0.15) is 17.1 Å². The number of hydrogen-bond acceptors (Lipinski definition) is 5. The number of nitrogens with one attached hydrogen (secondary N) is 2. The van der Waals surface area contributed by atoms with Crippen LogP contribution in [0.5, 0.6) is 5.75 Å². The van der Waals surface area contributed by atoms with Gasteiger partial charge in [-0.05, 0) is 31.2 Å². The Morgan fingerprint density at radius 2 is 1.85 bits per heavy atom. The summed E-state index contributed by atoms with van der Waals surface area (Å²) >= 11 is 0. The zero-order valence-electron chi connectivity index (χ0n) is 14.2. The monoisotopic (exact) mass is 360 g/mol. The molecule has 0 unspecified atom stereocenters. The lowest BCUT2D eigenvalue weighted by atomic mass is 10.1. The van der Waals surface area contributed by atoms with Crippen LogP contribution in [0.25, 0.3) is 0 Å². The van der Waals surface area contributed by atoms with Crippen molar-refractivity contribution >= 4 is 23.6 Å². The van der Waals surface area contributed by atoms with Crippen LogP contribution in [0.4, 0.5) is 14.9 Å². The summed E-state index contributed by atoms with van der Waals surface area (Å²) in [5.74, 6) is -1.97. The molecule has 0 atom stereocenters. The molecule has 0 aliphatic carbocycles. The van der Waals surface area contributed by atoms with Gasteiger partial charge in [0, 0.05) is 0 Å². The number of hydrogen-bond donors (Lipinski definition) is 2. The summed E-state index contributed by atoms with van der Waals surface area (Å²) in [7, 11) is 1.40. The Labute approximate surface area is 149 Å². The van der Waals surface area contributed by atoms with E-state index in [1.807, 2.05) is 5.32 Å². The number of urea groups is 1. The molecular formula is C18H17FN2O5. The van der Waals surface area contributed by atoms with Crippen LogP contribution < -0.4 is 15.4 Å². The van der Waals surface area contributed by atoms with E-state index in [-0.39, 0.29) is 11.3 Å². The van der Waals surface area contributed by atoms with Crippen molar-refractivity contribution < 1.29 is 28.2 Å². The zero-order valence-corrected chi connectivity index (χ0v) is 14.2. The van der Waals surface area contributed by atoms with Crippen molar-refractivity contribution in [3.8, 4) is 5.75 Å². The molecule has 0 bridgehead atoms. The number of ether oxygens (including phenoxy) is 2. The predicted molar refractivity (Wildman–Crippen MR) is 91.6 cm³/mol. The molecule has 136 valence electrons. The molecule has 0 heterocycles. The molecule has 3 amide bonds. The van der Waals surface area contributed by atoms with Crippen LogP contribution in [-0.2, 0) is 9.53 Å². The fraction of sp³-hybridized carbons (Fsp3) is 0.167. The summed E-state index contributed by atoms with van der Waals surface area (Å²) < 4.78 is 23.4. The van der Waals surface area contributed by atoms with Crippen molar-refractivity contribution in [2.24, 2.45) is 0 Å². The molecule has 0 aliphatic rings. The number of esters is 1. The highest BCUT2D eigenvalue weighted by Gasteiger charge is 2.17. The van der Waals surface area contributed by atoms with Crippen LogP contribution in [0.15, 0.2) is 42.5 Å². The first kappa shape index (κ1) is 18.9. The largest absolute Gasteiger partial charge is 0.496 e. The van der Waals surface area contributed by atoms with Gasteiger partial charge in [0.15, 0.2) is 6.61 Å². The summed E-state index contributed by atoms with van der Waals surface area (Å²) in [6.45, 7) is 1.11. The van der Waals surface area contributed by atoms with Gasteiger partial charge in [-0.15, -0.1) is 0 Å². The Bertz CT molecular complexity index is 838. The molecule has 2 aromatic rings. The zero-order chi connectivity index (χ0) is 19.1. The number of carbonyl (C=O) groups excluding carboxylic acids is 3. The van der Waals surface area contributed by atoms with Crippen LogP contribution in [0, 0.1) is 12.7 Å². The molecule has 0 spiro atoms. The molecule has 26 heavy (non-hydrogen) atoms. The second-order valence-corrected chi connectivity index (χ2v) is 5.26. The fourth-order valence-electron chi connectivity index (χ4n) is 2.07. The number of para-hydroxylation sites is 1. The highest BCUT2D eigenvalue weighted by Crippen LogP contribution is 2.20. The van der Waals surface area contributed by atoms with E-state index in [4.69, 9.17) is 9.47 Å². The van der Waals surface area contributed by atoms with Gasteiger partial charge in [-0.1, -0.05) is 23.8 Å². The van der Waals surface area contributed by atoms with Gasteiger partial charge in [0.05, 0.1) is 12.8 Å². The maximum absolute atomic E-state index is 13.4. The van der Waals surface area contributed by atoms with E-state index >= 15 is 0 Å². The summed E-state index contributed by atoms with van der Waals surface area (Å²) in [5, 5.41) is 4.12. The third-order valence-electron chi connectivity index (χ3n) is 3.28. The molecule has 8 heteroatoms. The normalized spacial score (nSPS) is 9.96. The predicted octanol–water partition coefficient (Wildman–Crippen LogP) is 2.65. The van der Waals surface area contributed by atoms with Crippen LogP contribution >= 0.6 is 0 Å². The Hall–Kier alpha value is -3.42. The van der Waals surface area contributed by atoms with Gasteiger partial charge in [0.25, 0.3) is 5.91 Å². The van der Waals surface area contributed by atoms with Crippen molar-refractivity contribution in [2.45, 2.75) is 6.92 Å². The summed E-state index contributed by atoms with van der Waals surface area (Å²) in [5.41, 5.74) is 0.891. The van der Waals surface area contributed by atoms with Crippen LogP contribution in [0.1, 0.15) is 15.9 Å². The number of rotatable bonds is 5. The van der Waals surface area contributed by atoms with Crippen LogP contribution in [0.2, 0.25) is 0 Å². The van der Waals surface area contributed by atoms with Gasteiger partial charge in [-0.3, -0.25) is 10.1 Å². The van der Waals surface area contributed by atoms with Crippen molar-refractivity contribution in [3.05, 3.63) is 59.4 Å². The quantitative estimate of drug-likeness (QED) is 0.800. The topological polar surface area (TPSA) is 93.7 Å². The lowest BCUT2D eigenvalue weighted by Gasteiger charge is -2.10. The number of anilines is 1. The molecule has 0 aromatic heterocycles. The molecule has 0 aliphatic heterocycles. The van der Waals surface area contributed by atoms with E-state index in [1.165, 1.54) is 25.3 Å². The number of methoxy groups -OCH3 is 1. The van der Waals surface area contributed by atoms with Crippen LogP contribution in [0.3, 0.4) is 0 Å². The molecule has 0 fully saturated rings. The van der Waals surface area contributed by atoms with E-state index in [1.54, 1.807) is 25.1 Å². The maximum atomic E-state index is 13.4. The van der Waals surface area contributed by atoms with Gasteiger partial charge >= 0.3 is 12.0 Å². The van der Waals surface area contributed by atoms with Crippen molar-refractivity contribution in [1.82, 2.24) is 5.32 Å². The highest BCUT2D eigenvalue weighted by molar-refractivity contribution is 6.02. The first-order valence-corrected chi connectivity index (χ1v) is 7.58. The Morgan fingerprint density at radius 3 is 2.54 bits per heavy atom. The molecule has 7 nitrogen and oxygen atoms in total. The van der Waals surface area contributed by atoms with Crippen LogP contribution in [-0.4, -0.2) is 31.6 Å². The van der Waals surface area contributed by atoms with Crippen molar-refractivity contribution in [2.75, 3.05) is 19.0 Å². The Balaban J connectivity index is 1.88. The minimum absolute atomic E-state index is 0.0840. The molecule has 0 saturated carbocycles. The van der Waals surface area contributed by atoms with Gasteiger partial charge < -0.3 is 14.8 Å². The standard InChI is InChI=1S/C18H17FN2O5/c1-11-7-8-15(25-2)12(9-11)17(23)26-10-16(22)21-18(24)20-14-6-4-3-5-13(14)19/h3-9H,10H2,1-2H3,(H2,20,21,22,24). The molecule has 2 rings (SSSR count). The van der Waals surface area contributed by atoms with E-state index in [0.29, 0.717) is 5.75 Å². The molecule has 0 radical (unpaired) electrons. The summed E-state index contributed by atoms with van der Waals surface area (Å²) in [6.07, 6.45) is 0. The van der Waals surface area contributed by atoms with Gasteiger partial charge in [-0.2, -0.15) is 0 Å². The molecule has 2 N–H and O–H groups in total. The third kappa shape index (κ3) is 5.04. The first-order chi connectivity index (χ1) is 12.4. The maximum Gasteiger partial charge on any atom is 0.342 e. The van der Waals surface area contributed by atoms with E-state index in [9.17, 15) is 18.8 Å². The van der Waals surface area contributed by atoms with E-state index < -0.39 is 30.3 Å². The average molecular weight is 360 g/mol. The molecule has 0 saturated heterocycles. The number of imide groups is 1. The lowest BCUT2D eigenvalue weighted by Crippen LogP contribution is -2.37. The SMILES string of the molecule is COc1ccc(C)cc1C(=O)OCC(=O)NC(=O)Nc1ccccc1F. The summed E-state index contributed by atoms with van der Waals surface area (Å²) in [6, 6.07) is 9.47. The number of carbonyl (C=O) groups is 3. The first-order valence-electron chi connectivity index (χ1n) is 7.58. The van der Waals surface area contributed by atoms with Gasteiger partial charge in [0.2, 0.25) is 0 Å². The molecule has 2 aromatic carbocycles. The lowest BCUT2D eigenvalue weighted by molar-refractivity contribution is -0.123. The number of aryl methyl sites for hydroxylation is 1. The van der Waals surface area contributed by atoms with Crippen molar-refractivity contribution in [3.63, 3.8) is 0 Å².